The van der Waals surface area contributed by atoms with E-state index in [1.165, 1.54) is 12.1 Å². The molecular formula is C12H9Cl2N3O3. The first-order chi connectivity index (χ1) is 9.38. The highest BCUT2D eigenvalue weighted by Crippen LogP contribution is 2.34. The summed E-state index contributed by atoms with van der Waals surface area (Å²) in [6.45, 7) is 3.43. The summed E-state index contributed by atoms with van der Waals surface area (Å²) in [5.41, 5.74) is 1.25. The molecule has 0 spiro atoms. The molecule has 20 heavy (non-hydrogen) atoms. The minimum Gasteiger partial charge on any atom is -0.453 e. The molecule has 2 rings (SSSR count). The molecule has 0 atom stereocenters. The molecule has 1 aromatic carbocycles. The molecule has 104 valence electrons. The molecule has 8 heteroatoms. The number of benzene rings is 1. The lowest BCUT2D eigenvalue weighted by molar-refractivity contribution is -0.385. The molecule has 0 amide bonds. The summed E-state index contributed by atoms with van der Waals surface area (Å²) in [6, 6.07) is 4.40. The lowest BCUT2D eigenvalue weighted by atomic mass is 10.1. The van der Waals surface area contributed by atoms with E-state index in [4.69, 9.17) is 27.9 Å². The highest BCUT2D eigenvalue weighted by atomic mass is 35.5. The molecule has 0 unspecified atom stereocenters. The first-order valence-corrected chi connectivity index (χ1v) is 6.26. The molecule has 6 nitrogen and oxygen atoms in total. The molecule has 2 aromatic rings. The van der Waals surface area contributed by atoms with Crippen molar-refractivity contribution >= 4 is 28.9 Å². The molecule has 0 aliphatic heterocycles. The van der Waals surface area contributed by atoms with Crippen molar-refractivity contribution in [3.05, 3.63) is 49.7 Å². The van der Waals surface area contributed by atoms with Crippen molar-refractivity contribution in [3.8, 4) is 11.5 Å². The van der Waals surface area contributed by atoms with Crippen molar-refractivity contribution in [1.82, 2.24) is 10.2 Å². The predicted octanol–water partition coefficient (Wildman–Crippen LogP) is 4.10. The van der Waals surface area contributed by atoms with Crippen LogP contribution in [0.2, 0.25) is 10.3 Å². The Morgan fingerprint density at radius 1 is 1.10 bits per heavy atom. The Hall–Kier alpha value is -1.92. The standard InChI is InChI=1S/C12H9Cl2N3O3/c1-6-3-7(2)9(4-8(6)17(18)19)20-10-5-11(13)15-16-12(10)14/h3-5H,1-2H3. The van der Waals surface area contributed by atoms with Crippen LogP contribution in [0.25, 0.3) is 0 Å². The molecule has 0 saturated carbocycles. The van der Waals surface area contributed by atoms with Gasteiger partial charge in [0.25, 0.3) is 5.69 Å². The van der Waals surface area contributed by atoms with Gasteiger partial charge in [0.2, 0.25) is 0 Å². The van der Waals surface area contributed by atoms with Gasteiger partial charge in [-0.25, -0.2) is 0 Å². The molecule has 0 saturated heterocycles. The van der Waals surface area contributed by atoms with Crippen molar-refractivity contribution in [2.75, 3.05) is 0 Å². The summed E-state index contributed by atoms with van der Waals surface area (Å²) in [5, 5.41) is 18.2. The van der Waals surface area contributed by atoms with Crippen molar-refractivity contribution in [3.63, 3.8) is 0 Å². The Bertz CT molecular complexity index is 692. The van der Waals surface area contributed by atoms with Crippen LogP contribution in [0.4, 0.5) is 5.69 Å². The van der Waals surface area contributed by atoms with E-state index in [1.54, 1.807) is 19.9 Å². The molecule has 0 radical (unpaired) electrons. The third-order valence-corrected chi connectivity index (χ3v) is 3.04. The molecule has 0 N–H and O–H groups in total. The topological polar surface area (TPSA) is 78.2 Å². The van der Waals surface area contributed by atoms with E-state index in [9.17, 15) is 10.1 Å². The number of hydrogen-bond acceptors (Lipinski definition) is 5. The first-order valence-electron chi connectivity index (χ1n) is 5.50. The lowest BCUT2D eigenvalue weighted by Crippen LogP contribution is -1.96. The number of nitrogens with zero attached hydrogens (tertiary/aromatic N) is 3. The molecule has 0 bridgehead atoms. The Kier molecular flexibility index (Phi) is 4.06. The van der Waals surface area contributed by atoms with E-state index >= 15 is 0 Å². The number of ether oxygens (including phenoxy) is 1. The Morgan fingerprint density at radius 2 is 1.80 bits per heavy atom. The maximum Gasteiger partial charge on any atom is 0.276 e. The van der Waals surface area contributed by atoms with Crippen LogP contribution in [0.15, 0.2) is 18.2 Å². The van der Waals surface area contributed by atoms with E-state index in [-0.39, 0.29) is 21.7 Å². The van der Waals surface area contributed by atoms with Crippen molar-refractivity contribution < 1.29 is 9.66 Å². The van der Waals surface area contributed by atoms with Crippen molar-refractivity contribution in [2.45, 2.75) is 13.8 Å². The van der Waals surface area contributed by atoms with Crippen LogP contribution in [-0.4, -0.2) is 15.1 Å². The zero-order chi connectivity index (χ0) is 14.9. The fourth-order valence-corrected chi connectivity index (χ4v) is 1.92. The Labute approximate surface area is 124 Å². The Balaban J connectivity index is 2.45. The van der Waals surface area contributed by atoms with Crippen LogP contribution in [0.5, 0.6) is 11.5 Å². The van der Waals surface area contributed by atoms with Crippen molar-refractivity contribution in [2.24, 2.45) is 0 Å². The van der Waals surface area contributed by atoms with Crippen LogP contribution < -0.4 is 4.74 Å². The molecule has 0 aliphatic rings. The first kappa shape index (κ1) is 14.5. The predicted molar refractivity (Wildman–Crippen MR) is 74.7 cm³/mol. The number of aryl methyl sites for hydroxylation is 2. The van der Waals surface area contributed by atoms with E-state index in [1.807, 2.05) is 0 Å². The van der Waals surface area contributed by atoms with Gasteiger partial charge in [0.05, 0.1) is 11.0 Å². The van der Waals surface area contributed by atoms with Gasteiger partial charge in [-0.3, -0.25) is 10.1 Å². The largest absolute Gasteiger partial charge is 0.453 e. The fraction of sp³-hybridized carbons (Fsp3) is 0.167. The van der Waals surface area contributed by atoms with Gasteiger partial charge in [-0.15, -0.1) is 10.2 Å². The van der Waals surface area contributed by atoms with Crippen molar-refractivity contribution in [1.29, 1.82) is 0 Å². The van der Waals surface area contributed by atoms with Gasteiger partial charge in [0.1, 0.15) is 5.75 Å². The highest BCUT2D eigenvalue weighted by molar-refractivity contribution is 6.32. The van der Waals surface area contributed by atoms with Crippen LogP contribution in [0, 0.1) is 24.0 Å². The van der Waals surface area contributed by atoms with Gasteiger partial charge in [-0.2, -0.15) is 0 Å². The van der Waals surface area contributed by atoms with E-state index in [0.717, 1.165) is 5.56 Å². The Morgan fingerprint density at radius 3 is 2.45 bits per heavy atom. The van der Waals surface area contributed by atoms with Gasteiger partial charge in [0, 0.05) is 11.6 Å². The van der Waals surface area contributed by atoms with Crippen LogP contribution in [0.1, 0.15) is 11.1 Å². The van der Waals surface area contributed by atoms with Crippen LogP contribution in [-0.2, 0) is 0 Å². The maximum absolute atomic E-state index is 10.9. The summed E-state index contributed by atoms with van der Waals surface area (Å²) < 4.78 is 5.54. The third-order valence-electron chi connectivity index (χ3n) is 2.60. The second kappa shape index (κ2) is 5.60. The summed E-state index contributed by atoms with van der Waals surface area (Å²) >= 11 is 11.6. The quantitative estimate of drug-likeness (QED) is 0.629. The van der Waals surface area contributed by atoms with E-state index in [2.05, 4.69) is 10.2 Å². The zero-order valence-electron chi connectivity index (χ0n) is 10.6. The number of rotatable bonds is 3. The fourth-order valence-electron chi connectivity index (χ4n) is 1.66. The second-order valence-electron chi connectivity index (χ2n) is 4.09. The summed E-state index contributed by atoms with van der Waals surface area (Å²) in [4.78, 5) is 10.5. The smallest absolute Gasteiger partial charge is 0.276 e. The van der Waals surface area contributed by atoms with Gasteiger partial charge in [-0.05, 0) is 25.5 Å². The van der Waals surface area contributed by atoms with Gasteiger partial charge in [-0.1, -0.05) is 23.2 Å². The lowest BCUT2D eigenvalue weighted by Gasteiger charge is -2.10. The number of halogens is 2. The minimum absolute atomic E-state index is 0.0250. The number of nitro benzene ring substituents is 1. The van der Waals surface area contributed by atoms with E-state index < -0.39 is 4.92 Å². The molecule has 0 fully saturated rings. The summed E-state index contributed by atoms with van der Waals surface area (Å²) in [5.74, 6) is 0.501. The average Bonchev–Trinajstić information content (AvgIpc) is 2.36. The summed E-state index contributed by atoms with van der Waals surface area (Å²) in [7, 11) is 0. The van der Waals surface area contributed by atoms with Gasteiger partial charge in [0.15, 0.2) is 16.1 Å². The van der Waals surface area contributed by atoms with Gasteiger partial charge < -0.3 is 4.74 Å². The third kappa shape index (κ3) is 2.97. The molecule has 1 aromatic heterocycles. The second-order valence-corrected chi connectivity index (χ2v) is 4.83. The van der Waals surface area contributed by atoms with Crippen LogP contribution in [0.3, 0.4) is 0 Å². The monoisotopic (exact) mass is 313 g/mol. The summed E-state index contributed by atoms with van der Waals surface area (Å²) in [6.07, 6.45) is 0. The normalized spacial score (nSPS) is 10.4. The van der Waals surface area contributed by atoms with Crippen LogP contribution >= 0.6 is 23.2 Å². The average molecular weight is 314 g/mol. The SMILES string of the molecule is Cc1cc(C)c([N+](=O)[O-])cc1Oc1cc(Cl)nnc1Cl. The van der Waals surface area contributed by atoms with E-state index in [0.29, 0.717) is 11.3 Å². The van der Waals surface area contributed by atoms with Gasteiger partial charge >= 0.3 is 0 Å². The highest BCUT2D eigenvalue weighted by Gasteiger charge is 2.16. The zero-order valence-corrected chi connectivity index (χ0v) is 12.1. The molecular weight excluding hydrogens is 305 g/mol. The number of nitro groups is 1. The minimum atomic E-state index is -0.471. The maximum atomic E-state index is 10.9. The number of aromatic nitrogens is 2. The number of hydrogen-bond donors (Lipinski definition) is 0. The molecule has 0 aliphatic carbocycles. The molecule has 1 heterocycles.